The van der Waals surface area contributed by atoms with Crippen LogP contribution in [0.3, 0.4) is 0 Å². The number of rotatable bonds is 2. The molecule has 0 unspecified atom stereocenters. The van der Waals surface area contributed by atoms with Crippen LogP contribution in [0.25, 0.3) is 0 Å². The zero-order valence-electron chi connectivity index (χ0n) is 7.70. The van der Waals surface area contributed by atoms with Crippen LogP contribution in [0, 0.1) is 40.4 Å². The van der Waals surface area contributed by atoms with Crippen molar-refractivity contribution in [3.8, 4) is 24.0 Å². The van der Waals surface area contributed by atoms with Crippen molar-refractivity contribution in [2.45, 2.75) is 13.8 Å². The van der Waals surface area contributed by atoms with Gasteiger partial charge in [-0.2, -0.15) is 10.5 Å². The van der Waals surface area contributed by atoms with E-state index >= 15 is 0 Å². The maximum atomic E-state index is 8.65. The molecular weight excluding hydrogens is 160 g/mol. The first kappa shape index (κ1) is 11.0. The predicted molar refractivity (Wildman–Crippen MR) is 51.1 cm³/mol. The van der Waals surface area contributed by atoms with Gasteiger partial charge in [-0.15, -0.1) is 0 Å². The van der Waals surface area contributed by atoms with Crippen LogP contribution >= 0.6 is 0 Å². The highest BCUT2D eigenvalue weighted by Crippen LogP contribution is 2.02. The minimum atomic E-state index is 0.336. The molecule has 2 nitrogen and oxygen atoms in total. The Bertz CT molecular complexity index is 348. The van der Waals surface area contributed by atoms with Gasteiger partial charge in [-0.3, -0.25) is 0 Å². The lowest BCUT2D eigenvalue weighted by molar-refractivity contribution is 0.828. The van der Waals surface area contributed by atoms with Crippen LogP contribution in [-0.2, 0) is 0 Å². The van der Waals surface area contributed by atoms with Crippen LogP contribution in [-0.4, -0.2) is 0 Å². The van der Waals surface area contributed by atoms with Crippen molar-refractivity contribution in [1.82, 2.24) is 0 Å². The molecule has 0 atom stereocenters. The normalized spacial score (nSPS) is 10.4. The largest absolute Gasteiger partial charge is 0.192 e. The first-order chi connectivity index (χ1) is 6.20. The summed E-state index contributed by atoms with van der Waals surface area (Å²) in [5, 5.41) is 16.7. The Kier molecular flexibility index (Phi) is 5.69. The second kappa shape index (κ2) is 6.71. The summed E-state index contributed by atoms with van der Waals surface area (Å²) in [7, 11) is 0. The molecule has 0 aliphatic rings. The molecule has 0 heterocycles. The molecule has 0 spiro atoms. The number of nitrogens with zero attached hydrogens (tertiary/aromatic N) is 2. The molecule has 0 aromatic rings. The third-order valence-electron chi connectivity index (χ3n) is 1.12. The van der Waals surface area contributed by atoms with E-state index in [0.29, 0.717) is 11.5 Å². The molecule has 0 bridgehead atoms. The van der Waals surface area contributed by atoms with Crippen LogP contribution in [0.15, 0.2) is 23.8 Å². The summed E-state index contributed by atoms with van der Waals surface area (Å²) in [4.78, 5) is 0. The zero-order valence-corrected chi connectivity index (χ0v) is 7.70. The van der Waals surface area contributed by atoms with Gasteiger partial charge in [0.25, 0.3) is 0 Å². The Labute approximate surface area is 78.8 Å². The van der Waals surface area contributed by atoms with E-state index in [4.69, 9.17) is 10.5 Å². The van der Waals surface area contributed by atoms with E-state index < -0.39 is 0 Å². The van der Waals surface area contributed by atoms with Crippen molar-refractivity contribution in [2.24, 2.45) is 5.92 Å². The smallest absolute Gasteiger partial charge is 0.152 e. The Morgan fingerprint density at radius 2 is 2.00 bits per heavy atom. The second-order valence-electron chi connectivity index (χ2n) is 2.69. The monoisotopic (exact) mass is 170 g/mol. The summed E-state index contributed by atoms with van der Waals surface area (Å²) in [6.45, 7) is 3.98. The lowest BCUT2D eigenvalue weighted by atomic mass is 10.1. The van der Waals surface area contributed by atoms with Gasteiger partial charge in [-0.05, 0) is 18.1 Å². The maximum Gasteiger partial charge on any atom is 0.152 e. The van der Waals surface area contributed by atoms with Crippen molar-refractivity contribution in [1.29, 1.82) is 10.5 Å². The predicted octanol–water partition coefficient (Wildman–Crippen LogP) is 2.18. The average molecular weight is 170 g/mol. The van der Waals surface area contributed by atoms with Crippen LogP contribution in [0.2, 0.25) is 0 Å². The van der Waals surface area contributed by atoms with E-state index in [9.17, 15) is 0 Å². The molecule has 0 aliphatic carbocycles. The number of nitriles is 2. The third-order valence-corrected chi connectivity index (χ3v) is 1.12. The van der Waals surface area contributed by atoms with E-state index in [1.165, 1.54) is 6.08 Å². The molecule has 64 valence electrons. The quantitative estimate of drug-likeness (QED) is 0.362. The Morgan fingerprint density at radius 3 is 2.46 bits per heavy atom. The Hall–Kier alpha value is -1.98. The van der Waals surface area contributed by atoms with Crippen molar-refractivity contribution >= 4 is 0 Å². The van der Waals surface area contributed by atoms with Crippen LogP contribution in [0.4, 0.5) is 0 Å². The topological polar surface area (TPSA) is 47.6 Å². The lowest BCUT2D eigenvalue weighted by Crippen LogP contribution is -1.81. The molecule has 0 saturated heterocycles. The fourth-order valence-corrected chi connectivity index (χ4v) is 0.695. The van der Waals surface area contributed by atoms with Gasteiger partial charge in [-0.25, -0.2) is 0 Å². The Balaban J connectivity index is 4.42. The van der Waals surface area contributed by atoms with Crippen LogP contribution in [0.1, 0.15) is 13.8 Å². The fraction of sp³-hybridized carbons (Fsp3) is 0.273. The molecule has 0 amide bonds. The van der Waals surface area contributed by atoms with Gasteiger partial charge in [0.15, 0.2) is 6.07 Å². The summed E-state index contributed by atoms with van der Waals surface area (Å²) >= 11 is 0. The number of hydrogen-bond donors (Lipinski definition) is 0. The first-order valence-electron chi connectivity index (χ1n) is 3.88. The summed E-state index contributed by atoms with van der Waals surface area (Å²) < 4.78 is 0. The van der Waals surface area contributed by atoms with E-state index in [1.54, 1.807) is 12.1 Å². The minimum absolute atomic E-state index is 0.336. The molecule has 0 aromatic heterocycles. The number of hydrogen-bond acceptors (Lipinski definition) is 2. The molecule has 0 N–H and O–H groups in total. The van der Waals surface area contributed by atoms with Crippen molar-refractivity contribution in [3.63, 3.8) is 0 Å². The molecule has 0 fully saturated rings. The van der Waals surface area contributed by atoms with Gasteiger partial charge in [-0.1, -0.05) is 25.8 Å². The Morgan fingerprint density at radius 1 is 1.31 bits per heavy atom. The van der Waals surface area contributed by atoms with Gasteiger partial charge < -0.3 is 0 Å². The number of allylic oxidation sites excluding steroid dienone is 4. The molecule has 2 heteroatoms. The molecule has 0 saturated carbocycles. The van der Waals surface area contributed by atoms with Crippen molar-refractivity contribution in [3.05, 3.63) is 23.8 Å². The van der Waals surface area contributed by atoms with Crippen LogP contribution < -0.4 is 0 Å². The highest BCUT2D eigenvalue weighted by Gasteiger charge is 1.90. The summed E-state index contributed by atoms with van der Waals surface area (Å²) in [5.74, 6) is 5.04. The standard InChI is InChI=1S/C11H10N2/c1-10(2)8-11(9-13)6-4-3-5-7-12/h4,6,8,10H,1-2H3/b6-4+,11-8+. The van der Waals surface area contributed by atoms with Gasteiger partial charge in [0.05, 0.1) is 6.07 Å². The molecule has 0 radical (unpaired) electrons. The van der Waals surface area contributed by atoms with Gasteiger partial charge >= 0.3 is 0 Å². The van der Waals surface area contributed by atoms with E-state index in [-0.39, 0.29) is 0 Å². The summed E-state index contributed by atoms with van der Waals surface area (Å²) in [6.07, 6.45) is 4.94. The van der Waals surface area contributed by atoms with Gasteiger partial charge in [0.2, 0.25) is 0 Å². The summed E-state index contributed by atoms with van der Waals surface area (Å²) in [5.41, 5.74) is 0.572. The maximum absolute atomic E-state index is 8.65. The fourth-order valence-electron chi connectivity index (χ4n) is 0.695. The van der Waals surface area contributed by atoms with E-state index in [1.807, 2.05) is 26.0 Å². The zero-order chi connectivity index (χ0) is 10.1. The molecule has 0 rings (SSSR count). The minimum Gasteiger partial charge on any atom is -0.192 e. The van der Waals surface area contributed by atoms with Crippen molar-refractivity contribution < 1.29 is 0 Å². The molecule has 0 aromatic carbocycles. The second-order valence-corrected chi connectivity index (χ2v) is 2.69. The van der Waals surface area contributed by atoms with Gasteiger partial charge in [0, 0.05) is 11.5 Å². The third kappa shape index (κ3) is 6.42. The summed E-state index contributed by atoms with van der Waals surface area (Å²) in [6, 6.07) is 3.72. The first-order valence-corrected chi connectivity index (χ1v) is 3.88. The molecule has 13 heavy (non-hydrogen) atoms. The average Bonchev–Trinajstić information content (AvgIpc) is 2.09. The van der Waals surface area contributed by atoms with Gasteiger partial charge in [0.1, 0.15) is 0 Å². The highest BCUT2D eigenvalue weighted by atomic mass is 14.2. The van der Waals surface area contributed by atoms with E-state index in [0.717, 1.165) is 0 Å². The SMILES string of the molecule is CC(C)/C=C(C#N)\C=C\C#CC#N. The molecular formula is C11H10N2. The molecule has 0 aliphatic heterocycles. The highest BCUT2D eigenvalue weighted by molar-refractivity contribution is 5.37. The van der Waals surface area contributed by atoms with Crippen molar-refractivity contribution in [2.75, 3.05) is 0 Å². The van der Waals surface area contributed by atoms with Crippen LogP contribution in [0.5, 0.6) is 0 Å². The van der Waals surface area contributed by atoms with E-state index in [2.05, 4.69) is 11.8 Å². The lowest BCUT2D eigenvalue weighted by Gasteiger charge is -1.92.